The van der Waals surface area contributed by atoms with Gasteiger partial charge >= 0.3 is 0 Å². The van der Waals surface area contributed by atoms with E-state index in [9.17, 15) is 0 Å². The lowest BCUT2D eigenvalue weighted by molar-refractivity contribution is 0.186. The Hall–Kier alpha value is -0.560. The van der Waals surface area contributed by atoms with E-state index in [1.807, 2.05) is 0 Å². The van der Waals surface area contributed by atoms with Gasteiger partial charge in [-0.2, -0.15) is 0 Å². The second kappa shape index (κ2) is 2.23. The minimum Gasteiger partial charge on any atom is -0.396 e. The molecule has 1 nitrogen and oxygen atoms in total. The summed E-state index contributed by atoms with van der Waals surface area (Å²) >= 11 is 0. The average molecular weight is 162 g/mol. The van der Waals surface area contributed by atoms with Crippen LogP contribution in [0.15, 0.2) is 24.3 Å². The van der Waals surface area contributed by atoms with Gasteiger partial charge in [-0.05, 0) is 30.1 Å². The van der Waals surface area contributed by atoms with Crippen molar-refractivity contribution >= 4 is 0 Å². The highest BCUT2D eigenvalue weighted by molar-refractivity contribution is 5.23. The van der Waals surface area contributed by atoms with Crippen molar-refractivity contribution in [3.05, 3.63) is 24.3 Å². The van der Waals surface area contributed by atoms with Gasteiger partial charge in [-0.1, -0.05) is 24.3 Å². The molecule has 1 heteroatoms. The average Bonchev–Trinajstić information content (AvgIpc) is 2.76. The van der Waals surface area contributed by atoms with Crippen LogP contribution >= 0.6 is 0 Å². The molecule has 3 aliphatic carbocycles. The second-order valence-electron chi connectivity index (χ2n) is 4.33. The summed E-state index contributed by atoms with van der Waals surface area (Å²) in [4.78, 5) is 0. The third-order valence-electron chi connectivity index (χ3n) is 3.87. The molecule has 1 fully saturated rings. The van der Waals surface area contributed by atoms with Gasteiger partial charge in [0.15, 0.2) is 0 Å². The second-order valence-corrected chi connectivity index (χ2v) is 4.33. The third-order valence-corrected chi connectivity index (χ3v) is 3.87. The van der Waals surface area contributed by atoms with E-state index in [0.717, 1.165) is 23.7 Å². The highest BCUT2D eigenvalue weighted by Crippen LogP contribution is 2.54. The number of aliphatic hydroxyl groups excluding tert-OH is 1. The Labute approximate surface area is 72.8 Å². The Kier molecular flexibility index (Phi) is 1.28. The Morgan fingerprint density at radius 1 is 1.08 bits per heavy atom. The van der Waals surface area contributed by atoms with Crippen LogP contribution in [0, 0.1) is 29.6 Å². The van der Waals surface area contributed by atoms with E-state index in [0.29, 0.717) is 12.5 Å². The fourth-order valence-corrected chi connectivity index (χ4v) is 3.35. The van der Waals surface area contributed by atoms with Crippen molar-refractivity contribution in [3.63, 3.8) is 0 Å². The molecule has 2 bridgehead atoms. The lowest BCUT2D eigenvalue weighted by atomic mass is 9.80. The zero-order valence-electron chi connectivity index (χ0n) is 7.06. The summed E-state index contributed by atoms with van der Waals surface area (Å²) in [5.41, 5.74) is 0. The summed E-state index contributed by atoms with van der Waals surface area (Å²) in [5.74, 6) is 3.53. The molecule has 64 valence electrons. The lowest BCUT2D eigenvalue weighted by Crippen LogP contribution is -2.22. The van der Waals surface area contributed by atoms with E-state index >= 15 is 0 Å². The SMILES string of the molecule is OCC1C=CC2C3C=CC(C3)C12. The summed E-state index contributed by atoms with van der Waals surface area (Å²) in [7, 11) is 0. The molecule has 1 saturated carbocycles. The molecule has 5 atom stereocenters. The zero-order chi connectivity index (χ0) is 8.13. The Bertz CT molecular complexity index is 254. The smallest absolute Gasteiger partial charge is 0.0496 e. The molecule has 0 aromatic rings. The van der Waals surface area contributed by atoms with Crippen LogP contribution in [-0.2, 0) is 0 Å². The van der Waals surface area contributed by atoms with E-state index in [4.69, 9.17) is 5.11 Å². The molecule has 0 amide bonds. The van der Waals surface area contributed by atoms with Gasteiger partial charge in [0.25, 0.3) is 0 Å². The number of allylic oxidation sites excluding steroid dienone is 3. The topological polar surface area (TPSA) is 20.2 Å². The van der Waals surface area contributed by atoms with Crippen LogP contribution in [0.4, 0.5) is 0 Å². The van der Waals surface area contributed by atoms with E-state index in [1.165, 1.54) is 6.42 Å². The highest BCUT2D eigenvalue weighted by atomic mass is 16.3. The maximum absolute atomic E-state index is 9.17. The first-order valence-electron chi connectivity index (χ1n) is 4.87. The van der Waals surface area contributed by atoms with Crippen LogP contribution < -0.4 is 0 Å². The van der Waals surface area contributed by atoms with Crippen LogP contribution in [0.3, 0.4) is 0 Å². The Morgan fingerprint density at radius 3 is 2.75 bits per heavy atom. The van der Waals surface area contributed by atoms with Crippen molar-refractivity contribution in [1.82, 2.24) is 0 Å². The van der Waals surface area contributed by atoms with Crippen molar-refractivity contribution in [1.29, 1.82) is 0 Å². The van der Waals surface area contributed by atoms with Crippen molar-refractivity contribution in [2.24, 2.45) is 29.6 Å². The Balaban J connectivity index is 1.94. The van der Waals surface area contributed by atoms with Gasteiger partial charge in [-0.15, -0.1) is 0 Å². The standard InChI is InChI=1S/C11H14O/c12-6-9-3-4-10-7-1-2-8(5-7)11(9)10/h1-4,7-12H,5-6H2. The molecular formula is C11H14O. The van der Waals surface area contributed by atoms with Crippen molar-refractivity contribution in [2.75, 3.05) is 6.61 Å². The molecule has 0 aromatic carbocycles. The molecule has 0 heterocycles. The minimum absolute atomic E-state index is 0.342. The van der Waals surface area contributed by atoms with E-state index < -0.39 is 0 Å². The summed E-state index contributed by atoms with van der Waals surface area (Å²) in [5, 5.41) is 9.17. The van der Waals surface area contributed by atoms with Gasteiger partial charge in [0.2, 0.25) is 0 Å². The van der Waals surface area contributed by atoms with Crippen LogP contribution in [0.5, 0.6) is 0 Å². The van der Waals surface area contributed by atoms with Crippen molar-refractivity contribution in [2.45, 2.75) is 6.42 Å². The van der Waals surface area contributed by atoms with Crippen LogP contribution in [0.25, 0.3) is 0 Å². The largest absolute Gasteiger partial charge is 0.396 e. The quantitative estimate of drug-likeness (QED) is 0.581. The highest BCUT2D eigenvalue weighted by Gasteiger charge is 2.48. The fourth-order valence-electron chi connectivity index (χ4n) is 3.35. The molecule has 1 N–H and O–H groups in total. The van der Waals surface area contributed by atoms with Gasteiger partial charge in [0.05, 0.1) is 0 Å². The molecule has 0 spiro atoms. The summed E-state index contributed by atoms with van der Waals surface area (Å²) in [6.07, 6.45) is 10.6. The monoisotopic (exact) mass is 162 g/mol. The number of fused-ring (bicyclic) bond motifs is 5. The normalized spacial score (nSPS) is 53.6. The van der Waals surface area contributed by atoms with Gasteiger partial charge < -0.3 is 5.11 Å². The molecule has 0 radical (unpaired) electrons. The lowest BCUT2D eigenvalue weighted by Gasteiger charge is -2.24. The van der Waals surface area contributed by atoms with Gasteiger partial charge in [-0.25, -0.2) is 0 Å². The summed E-state index contributed by atoms with van der Waals surface area (Å²) < 4.78 is 0. The van der Waals surface area contributed by atoms with Gasteiger partial charge in [0.1, 0.15) is 0 Å². The molecule has 12 heavy (non-hydrogen) atoms. The van der Waals surface area contributed by atoms with Crippen molar-refractivity contribution < 1.29 is 5.11 Å². The first-order valence-corrected chi connectivity index (χ1v) is 4.87. The van der Waals surface area contributed by atoms with Crippen LogP contribution in [-0.4, -0.2) is 11.7 Å². The predicted molar refractivity (Wildman–Crippen MR) is 47.4 cm³/mol. The molecular weight excluding hydrogens is 148 g/mol. The zero-order valence-corrected chi connectivity index (χ0v) is 7.06. The molecule has 0 aliphatic heterocycles. The molecule has 5 unspecified atom stereocenters. The third kappa shape index (κ3) is 0.680. The molecule has 0 saturated heterocycles. The first-order chi connectivity index (χ1) is 5.90. The minimum atomic E-state index is 0.342. The molecule has 0 aromatic heterocycles. The van der Waals surface area contributed by atoms with E-state index in [-0.39, 0.29) is 0 Å². The Morgan fingerprint density at radius 2 is 1.92 bits per heavy atom. The fraction of sp³-hybridized carbons (Fsp3) is 0.636. The van der Waals surface area contributed by atoms with E-state index in [2.05, 4.69) is 24.3 Å². The van der Waals surface area contributed by atoms with E-state index in [1.54, 1.807) is 0 Å². The number of rotatable bonds is 1. The summed E-state index contributed by atoms with van der Waals surface area (Å²) in [6, 6.07) is 0. The number of hydrogen-bond donors (Lipinski definition) is 1. The predicted octanol–water partition coefficient (Wildman–Crippen LogP) is 1.60. The van der Waals surface area contributed by atoms with Gasteiger partial charge in [0, 0.05) is 12.5 Å². The summed E-state index contributed by atoms with van der Waals surface area (Å²) in [6.45, 7) is 0.342. The van der Waals surface area contributed by atoms with Crippen molar-refractivity contribution in [3.8, 4) is 0 Å². The first kappa shape index (κ1) is 6.90. The maximum atomic E-state index is 9.17. The van der Waals surface area contributed by atoms with Gasteiger partial charge in [-0.3, -0.25) is 0 Å². The van der Waals surface area contributed by atoms with Crippen LogP contribution in [0.2, 0.25) is 0 Å². The van der Waals surface area contributed by atoms with Crippen LogP contribution in [0.1, 0.15) is 6.42 Å². The number of aliphatic hydroxyl groups is 1. The molecule has 3 aliphatic rings. The number of hydrogen-bond acceptors (Lipinski definition) is 1. The molecule has 3 rings (SSSR count). The maximum Gasteiger partial charge on any atom is 0.0496 e.